The first-order chi connectivity index (χ1) is 15.3. The number of rotatable bonds is 5. The molecule has 1 aromatic heterocycles. The minimum absolute atomic E-state index is 0.0162. The molecule has 4 rings (SSSR count). The first-order valence-corrected chi connectivity index (χ1v) is 11.9. The number of esters is 1. The summed E-state index contributed by atoms with van der Waals surface area (Å²) in [4.78, 5) is 29.2. The number of carbonyl (C=O) groups excluding carboxylic acids is 2. The molecule has 2 N–H and O–H groups in total. The third-order valence-corrected chi connectivity index (χ3v) is 6.52. The van der Waals surface area contributed by atoms with Crippen molar-refractivity contribution in [3.63, 3.8) is 0 Å². The Morgan fingerprint density at radius 2 is 2.00 bits per heavy atom. The van der Waals surface area contributed by atoms with Crippen molar-refractivity contribution in [2.24, 2.45) is 10.1 Å². The Bertz CT molecular complexity index is 1380. The van der Waals surface area contributed by atoms with Crippen molar-refractivity contribution in [3.05, 3.63) is 47.3 Å². The standard InChI is InChI=1S/C20H19N3O7S2/c1-2-28-18(24)10-23-13-8-7-12(32(21,26)27)9-17(13)31-20(23)22-19(25)16-11-29-14-5-3-4-6-15(14)30-16/h3-9,16H,2,10-11H2,1H3,(H2,21,26,27)/t16-/m0/s1. The molecule has 2 aromatic carbocycles. The summed E-state index contributed by atoms with van der Waals surface area (Å²) in [6.07, 6.45) is -0.967. The largest absolute Gasteiger partial charge is 0.485 e. The molecule has 2 heterocycles. The summed E-state index contributed by atoms with van der Waals surface area (Å²) >= 11 is 1.04. The number of hydrogen-bond donors (Lipinski definition) is 1. The molecular formula is C20H19N3O7S2. The van der Waals surface area contributed by atoms with Gasteiger partial charge >= 0.3 is 5.97 Å². The van der Waals surface area contributed by atoms with Crippen molar-refractivity contribution in [2.75, 3.05) is 13.2 Å². The van der Waals surface area contributed by atoms with Gasteiger partial charge in [0.25, 0.3) is 5.91 Å². The van der Waals surface area contributed by atoms with E-state index in [4.69, 9.17) is 19.3 Å². The topological polar surface area (TPSA) is 139 Å². The van der Waals surface area contributed by atoms with Gasteiger partial charge in [0.1, 0.15) is 13.2 Å². The first kappa shape index (κ1) is 22.0. The van der Waals surface area contributed by atoms with Crippen molar-refractivity contribution in [1.82, 2.24) is 4.57 Å². The predicted octanol–water partition coefficient (Wildman–Crippen LogP) is 1.18. The summed E-state index contributed by atoms with van der Waals surface area (Å²) in [6.45, 7) is 1.64. The number of carbonyl (C=O) groups is 2. The van der Waals surface area contributed by atoms with E-state index in [1.807, 2.05) is 0 Å². The average Bonchev–Trinajstić information content (AvgIpc) is 3.09. The van der Waals surface area contributed by atoms with Crippen LogP contribution >= 0.6 is 11.3 Å². The van der Waals surface area contributed by atoms with E-state index in [1.165, 1.54) is 22.8 Å². The van der Waals surface area contributed by atoms with Crippen molar-refractivity contribution >= 4 is 43.5 Å². The van der Waals surface area contributed by atoms with Crippen LogP contribution in [0.5, 0.6) is 11.5 Å². The van der Waals surface area contributed by atoms with Crippen molar-refractivity contribution in [1.29, 1.82) is 0 Å². The summed E-state index contributed by atoms with van der Waals surface area (Å²) in [5.74, 6) is -0.162. The van der Waals surface area contributed by atoms with Gasteiger partial charge in [-0.15, -0.1) is 0 Å². The fraction of sp³-hybridized carbons (Fsp3) is 0.250. The Hall–Kier alpha value is -3.22. The average molecular weight is 478 g/mol. The van der Waals surface area contributed by atoms with Crippen molar-refractivity contribution < 1.29 is 32.2 Å². The van der Waals surface area contributed by atoms with E-state index in [-0.39, 0.29) is 29.5 Å². The van der Waals surface area contributed by atoms with E-state index in [1.54, 1.807) is 31.2 Å². The monoisotopic (exact) mass is 477 g/mol. The fourth-order valence-electron chi connectivity index (χ4n) is 3.11. The van der Waals surface area contributed by atoms with Gasteiger partial charge in [0.15, 0.2) is 16.3 Å². The summed E-state index contributed by atoms with van der Waals surface area (Å²) < 4.78 is 41.7. The number of aromatic nitrogens is 1. The van der Waals surface area contributed by atoms with E-state index < -0.39 is 28.0 Å². The zero-order valence-electron chi connectivity index (χ0n) is 16.9. The molecule has 1 aliphatic rings. The number of amides is 1. The number of sulfonamides is 1. The lowest BCUT2D eigenvalue weighted by Crippen LogP contribution is -2.37. The van der Waals surface area contributed by atoms with Gasteiger partial charge in [-0.1, -0.05) is 23.5 Å². The summed E-state index contributed by atoms with van der Waals surface area (Å²) in [5.41, 5.74) is 0.508. The van der Waals surface area contributed by atoms with Crippen LogP contribution < -0.4 is 19.4 Å². The summed E-state index contributed by atoms with van der Waals surface area (Å²) in [7, 11) is -3.93. The maximum Gasteiger partial charge on any atom is 0.326 e. The predicted molar refractivity (Wildman–Crippen MR) is 115 cm³/mol. The van der Waals surface area contributed by atoms with Crippen LogP contribution in [0.4, 0.5) is 0 Å². The van der Waals surface area contributed by atoms with Gasteiger partial charge in [-0.2, -0.15) is 4.99 Å². The molecule has 0 fully saturated rings. The number of hydrogen-bond acceptors (Lipinski definition) is 8. The van der Waals surface area contributed by atoms with E-state index >= 15 is 0 Å². The zero-order valence-corrected chi connectivity index (χ0v) is 18.5. The summed E-state index contributed by atoms with van der Waals surface area (Å²) in [5, 5.41) is 5.22. The molecule has 1 amide bonds. The number of nitrogens with two attached hydrogens (primary N) is 1. The molecule has 0 saturated carbocycles. The minimum atomic E-state index is -3.93. The lowest BCUT2D eigenvalue weighted by molar-refractivity contribution is -0.143. The summed E-state index contributed by atoms with van der Waals surface area (Å²) in [6, 6.07) is 11.2. The Morgan fingerprint density at radius 1 is 1.25 bits per heavy atom. The van der Waals surface area contributed by atoms with Gasteiger partial charge in [0.05, 0.1) is 21.7 Å². The number of fused-ring (bicyclic) bond motifs is 2. The number of para-hydroxylation sites is 2. The maximum atomic E-state index is 12.8. The number of benzene rings is 2. The van der Waals surface area contributed by atoms with E-state index in [2.05, 4.69) is 4.99 Å². The molecule has 168 valence electrons. The van der Waals surface area contributed by atoms with Crippen molar-refractivity contribution in [2.45, 2.75) is 24.5 Å². The van der Waals surface area contributed by atoms with Crippen LogP contribution in [0.3, 0.4) is 0 Å². The highest BCUT2D eigenvalue weighted by molar-refractivity contribution is 7.89. The SMILES string of the molecule is CCOC(=O)Cn1c(=NC(=O)[C@@H]2COc3ccccc3O2)sc2cc(S(N)(=O)=O)ccc21. The van der Waals surface area contributed by atoms with Gasteiger partial charge in [0.2, 0.25) is 16.1 Å². The molecule has 0 saturated heterocycles. The molecule has 3 aromatic rings. The van der Waals surface area contributed by atoms with Gasteiger partial charge in [0, 0.05) is 0 Å². The number of thiazole rings is 1. The lowest BCUT2D eigenvalue weighted by Gasteiger charge is -2.23. The van der Waals surface area contributed by atoms with E-state index in [9.17, 15) is 18.0 Å². The molecule has 32 heavy (non-hydrogen) atoms. The molecule has 0 unspecified atom stereocenters. The lowest BCUT2D eigenvalue weighted by atomic mass is 10.2. The normalized spacial score (nSPS) is 16.2. The molecule has 1 aliphatic heterocycles. The van der Waals surface area contributed by atoms with Crippen LogP contribution in [0.2, 0.25) is 0 Å². The molecular weight excluding hydrogens is 458 g/mol. The van der Waals surface area contributed by atoms with Crippen molar-refractivity contribution in [3.8, 4) is 11.5 Å². The van der Waals surface area contributed by atoms with E-state index in [0.717, 1.165) is 11.3 Å². The van der Waals surface area contributed by atoms with Crippen LogP contribution in [-0.2, 0) is 30.9 Å². The van der Waals surface area contributed by atoms with Gasteiger partial charge in [-0.05, 0) is 37.3 Å². The van der Waals surface area contributed by atoms with Gasteiger partial charge in [-0.3, -0.25) is 9.59 Å². The molecule has 12 heteroatoms. The molecule has 0 bridgehead atoms. The Labute approximate surface area is 186 Å². The maximum absolute atomic E-state index is 12.8. The third-order valence-electron chi connectivity index (χ3n) is 4.57. The Kier molecular flexibility index (Phi) is 6.00. The Morgan fingerprint density at radius 3 is 2.72 bits per heavy atom. The van der Waals surface area contributed by atoms with Crippen LogP contribution in [0.25, 0.3) is 10.2 Å². The highest BCUT2D eigenvalue weighted by Crippen LogP contribution is 2.31. The minimum Gasteiger partial charge on any atom is -0.485 e. The van der Waals surface area contributed by atoms with Gasteiger partial charge in [-0.25, -0.2) is 13.6 Å². The molecule has 0 aliphatic carbocycles. The number of primary sulfonamides is 1. The highest BCUT2D eigenvalue weighted by atomic mass is 32.2. The molecule has 1 atom stereocenters. The first-order valence-electron chi connectivity index (χ1n) is 9.55. The second kappa shape index (κ2) is 8.73. The molecule has 10 nitrogen and oxygen atoms in total. The quantitative estimate of drug-likeness (QED) is 0.544. The zero-order chi connectivity index (χ0) is 22.9. The molecule has 0 radical (unpaired) electrons. The molecule has 0 spiro atoms. The van der Waals surface area contributed by atoms with Crippen LogP contribution in [0, 0.1) is 0 Å². The van der Waals surface area contributed by atoms with Crippen LogP contribution in [0.15, 0.2) is 52.4 Å². The van der Waals surface area contributed by atoms with Crippen LogP contribution in [0.1, 0.15) is 6.92 Å². The van der Waals surface area contributed by atoms with Crippen LogP contribution in [-0.4, -0.2) is 44.2 Å². The smallest absolute Gasteiger partial charge is 0.326 e. The highest BCUT2D eigenvalue weighted by Gasteiger charge is 2.27. The van der Waals surface area contributed by atoms with E-state index in [0.29, 0.717) is 21.7 Å². The fourth-order valence-corrected chi connectivity index (χ4v) is 4.80. The number of nitrogens with zero attached hydrogens (tertiary/aromatic N) is 2. The Balaban J connectivity index is 1.75. The second-order valence-corrected chi connectivity index (χ2v) is 9.34. The van der Waals surface area contributed by atoms with Gasteiger partial charge < -0.3 is 18.8 Å². The third kappa shape index (κ3) is 4.52. The number of ether oxygens (including phenoxy) is 3. The second-order valence-electron chi connectivity index (χ2n) is 6.76.